The van der Waals surface area contributed by atoms with Crippen molar-refractivity contribution in [3.05, 3.63) is 83.5 Å². The SMILES string of the molecule is O=C(Nc1ccccc1)c1ccc(CSc2ncnc3sccc23)cc1. The van der Waals surface area contributed by atoms with Crippen molar-refractivity contribution < 1.29 is 4.79 Å². The minimum Gasteiger partial charge on any atom is -0.322 e. The molecule has 0 fully saturated rings. The highest BCUT2D eigenvalue weighted by Gasteiger charge is 2.08. The van der Waals surface area contributed by atoms with Crippen molar-refractivity contribution in [2.75, 3.05) is 5.32 Å². The van der Waals surface area contributed by atoms with Crippen LogP contribution in [0, 0.1) is 0 Å². The average molecular weight is 377 g/mol. The van der Waals surface area contributed by atoms with Gasteiger partial charge in [-0.05, 0) is 41.3 Å². The fourth-order valence-electron chi connectivity index (χ4n) is 2.51. The van der Waals surface area contributed by atoms with Gasteiger partial charge in [0.15, 0.2) is 0 Å². The summed E-state index contributed by atoms with van der Waals surface area (Å²) in [6, 6.07) is 19.2. The molecule has 0 saturated carbocycles. The smallest absolute Gasteiger partial charge is 0.255 e. The second-order valence-electron chi connectivity index (χ2n) is 5.62. The lowest BCUT2D eigenvalue weighted by molar-refractivity contribution is 0.102. The van der Waals surface area contributed by atoms with Crippen molar-refractivity contribution in [2.24, 2.45) is 0 Å². The molecule has 128 valence electrons. The number of carbonyl (C=O) groups excluding carboxylic acids is 1. The maximum Gasteiger partial charge on any atom is 0.255 e. The summed E-state index contributed by atoms with van der Waals surface area (Å²) in [5.74, 6) is 0.689. The Hall–Kier alpha value is -2.70. The van der Waals surface area contributed by atoms with E-state index in [1.807, 2.05) is 60.0 Å². The highest BCUT2D eigenvalue weighted by atomic mass is 32.2. The zero-order valence-electron chi connectivity index (χ0n) is 13.8. The van der Waals surface area contributed by atoms with E-state index < -0.39 is 0 Å². The summed E-state index contributed by atoms with van der Waals surface area (Å²) in [5, 5.41) is 7.01. The van der Waals surface area contributed by atoms with Gasteiger partial charge in [-0.2, -0.15) is 0 Å². The number of aromatic nitrogens is 2. The number of thioether (sulfide) groups is 1. The van der Waals surface area contributed by atoms with Gasteiger partial charge in [-0.1, -0.05) is 30.3 Å². The predicted octanol–water partition coefficient (Wildman–Crippen LogP) is 5.24. The van der Waals surface area contributed by atoms with Crippen molar-refractivity contribution in [1.82, 2.24) is 9.97 Å². The number of nitrogens with zero attached hydrogens (tertiary/aromatic N) is 2. The van der Waals surface area contributed by atoms with Crippen LogP contribution in [0.5, 0.6) is 0 Å². The number of carbonyl (C=O) groups is 1. The molecule has 2 aromatic heterocycles. The molecule has 6 heteroatoms. The summed E-state index contributed by atoms with van der Waals surface area (Å²) in [6.07, 6.45) is 1.61. The molecule has 0 aliphatic carbocycles. The molecule has 4 nitrogen and oxygen atoms in total. The fraction of sp³-hybridized carbons (Fsp3) is 0.0500. The molecule has 0 spiro atoms. The van der Waals surface area contributed by atoms with Crippen LogP contribution >= 0.6 is 23.1 Å². The summed E-state index contributed by atoms with van der Waals surface area (Å²) in [6.45, 7) is 0. The van der Waals surface area contributed by atoms with Crippen molar-refractivity contribution >= 4 is 44.9 Å². The number of fused-ring (bicyclic) bond motifs is 1. The van der Waals surface area contributed by atoms with E-state index in [1.165, 1.54) is 0 Å². The number of rotatable bonds is 5. The third-order valence-electron chi connectivity index (χ3n) is 3.85. The molecule has 0 unspecified atom stereocenters. The molecule has 0 aliphatic heterocycles. The number of para-hydroxylation sites is 1. The molecular formula is C20H15N3OS2. The Morgan fingerprint density at radius 2 is 1.81 bits per heavy atom. The highest BCUT2D eigenvalue weighted by molar-refractivity contribution is 7.98. The van der Waals surface area contributed by atoms with Crippen molar-refractivity contribution in [3.63, 3.8) is 0 Å². The van der Waals surface area contributed by atoms with Crippen LogP contribution in [0.25, 0.3) is 10.2 Å². The van der Waals surface area contributed by atoms with E-state index in [4.69, 9.17) is 0 Å². The van der Waals surface area contributed by atoms with E-state index in [0.29, 0.717) is 5.56 Å². The number of benzene rings is 2. The fourth-order valence-corrected chi connectivity index (χ4v) is 4.25. The van der Waals surface area contributed by atoms with Gasteiger partial charge in [0, 0.05) is 22.4 Å². The Balaban J connectivity index is 1.41. The Bertz CT molecular complexity index is 1030. The van der Waals surface area contributed by atoms with E-state index in [9.17, 15) is 4.79 Å². The molecule has 4 rings (SSSR count). The van der Waals surface area contributed by atoms with Crippen LogP contribution < -0.4 is 5.32 Å². The van der Waals surface area contributed by atoms with Gasteiger partial charge in [0.25, 0.3) is 5.91 Å². The maximum atomic E-state index is 12.3. The molecule has 0 saturated heterocycles. The zero-order chi connectivity index (χ0) is 17.8. The predicted molar refractivity (Wildman–Crippen MR) is 108 cm³/mol. The Morgan fingerprint density at radius 3 is 2.62 bits per heavy atom. The molecule has 0 aliphatic rings. The van der Waals surface area contributed by atoms with E-state index in [0.717, 1.165) is 32.2 Å². The van der Waals surface area contributed by atoms with E-state index in [2.05, 4.69) is 21.4 Å². The normalized spacial score (nSPS) is 10.8. The van der Waals surface area contributed by atoms with E-state index in [1.54, 1.807) is 29.4 Å². The van der Waals surface area contributed by atoms with Gasteiger partial charge in [-0.15, -0.1) is 23.1 Å². The van der Waals surface area contributed by atoms with Crippen LogP contribution in [0.2, 0.25) is 0 Å². The van der Waals surface area contributed by atoms with Crippen molar-refractivity contribution in [1.29, 1.82) is 0 Å². The topological polar surface area (TPSA) is 54.9 Å². The lowest BCUT2D eigenvalue weighted by atomic mass is 10.1. The number of hydrogen-bond acceptors (Lipinski definition) is 5. The second kappa shape index (κ2) is 7.68. The Morgan fingerprint density at radius 1 is 1.00 bits per heavy atom. The third-order valence-corrected chi connectivity index (χ3v) is 5.75. The largest absolute Gasteiger partial charge is 0.322 e. The quantitative estimate of drug-likeness (QED) is 0.382. The van der Waals surface area contributed by atoms with E-state index in [-0.39, 0.29) is 5.91 Å². The van der Waals surface area contributed by atoms with Gasteiger partial charge in [0.1, 0.15) is 16.2 Å². The summed E-state index contributed by atoms with van der Waals surface area (Å²) < 4.78 is 0. The van der Waals surface area contributed by atoms with Gasteiger partial charge in [0.2, 0.25) is 0 Å². The number of amides is 1. The number of anilines is 1. The molecule has 2 heterocycles. The van der Waals surface area contributed by atoms with Gasteiger partial charge >= 0.3 is 0 Å². The lowest BCUT2D eigenvalue weighted by Crippen LogP contribution is -2.11. The van der Waals surface area contributed by atoms with Crippen molar-refractivity contribution in [2.45, 2.75) is 10.8 Å². The molecule has 0 atom stereocenters. The van der Waals surface area contributed by atoms with E-state index >= 15 is 0 Å². The zero-order valence-corrected chi connectivity index (χ0v) is 15.4. The molecule has 0 bridgehead atoms. The van der Waals surface area contributed by atoms with Crippen LogP contribution in [0.15, 0.2) is 77.4 Å². The minimum absolute atomic E-state index is 0.105. The first-order chi connectivity index (χ1) is 12.8. The summed E-state index contributed by atoms with van der Waals surface area (Å²) in [5.41, 5.74) is 2.58. The summed E-state index contributed by atoms with van der Waals surface area (Å²) >= 11 is 3.30. The first-order valence-corrected chi connectivity index (χ1v) is 9.92. The van der Waals surface area contributed by atoms with Gasteiger partial charge < -0.3 is 5.32 Å². The third kappa shape index (κ3) is 3.76. The lowest BCUT2D eigenvalue weighted by Gasteiger charge is -2.06. The monoisotopic (exact) mass is 377 g/mol. The first-order valence-electron chi connectivity index (χ1n) is 8.06. The molecular weight excluding hydrogens is 362 g/mol. The first kappa shape index (κ1) is 16.8. The van der Waals surface area contributed by atoms with Crippen molar-refractivity contribution in [3.8, 4) is 0 Å². The molecule has 1 N–H and O–H groups in total. The summed E-state index contributed by atoms with van der Waals surface area (Å²) in [4.78, 5) is 22.0. The Labute approximate surface area is 159 Å². The molecule has 4 aromatic rings. The molecule has 26 heavy (non-hydrogen) atoms. The van der Waals surface area contributed by atoms with Crippen LogP contribution in [0.3, 0.4) is 0 Å². The number of thiophene rings is 1. The van der Waals surface area contributed by atoms with Crippen LogP contribution in [-0.4, -0.2) is 15.9 Å². The Kier molecular flexibility index (Phi) is 4.95. The molecule has 1 amide bonds. The number of hydrogen-bond donors (Lipinski definition) is 1. The standard InChI is InChI=1S/C20H15N3OS2/c24-18(23-16-4-2-1-3-5-16)15-8-6-14(7-9-15)12-26-20-17-10-11-25-19(17)21-13-22-20/h1-11,13H,12H2,(H,23,24). The maximum absolute atomic E-state index is 12.3. The highest BCUT2D eigenvalue weighted by Crippen LogP contribution is 2.29. The van der Waals surface area contributed by atoms with Gasteiger partial charge in [0.05, 0.1) is 0 Å². The minimum atomic E-state index is -0.105. The average Bonchev–Trinajstić information content (AvgIpc) is 3.17. The van der Waals surface area contributed by atoms with Crippen LogP contribution in [0.1, 0.15) is 15.9 Å². The van der Waals surface area contributed by atoms with Gasteiger partial charge in [-0.25, -0.2) is 9.97 Å². The summed E-state index contributed by atoms with van der Waals surface area (Å²) in [7, 11) is 0. The molecule has 2 aromatic carbocycles. The molecule has 0 radical (unpaired) electrons. The number of nitrogens with one attached hydrogen (secondary N) is 1. The van der Waals surface area contributed by atoms with Crippen LogP contribution in [-0.2, 0) is 5.75 Å². The van der Waals surface area contributed by atoms with Crippen LogP contribution in [0.4, 0.5) is 5.69 Å². The van der Waals surface area contributed by atoms with Gasteiger partial charge in [-0.3, -0.25) is 4.79 Å². The second-order valence-corrected chi connectivity index (χ2v) is 7.48.